The molecule has 4 unspecified atom stereocenters. The molecule has 1 aromatic carbocycles. The summed E-state index contributed by atoms with van der Waals surface area (Å²) in [6.45, 7) is 1.99. The van der Waals surface area contributed by atoms with E-state index in [0.717, 1.165) is 29.8 Å². The van der Waals surface area contributed by atoms with Crippen molar-refractivity contribution in [1.82, 2.24) is 5.32 Å². The van der Waals surface area contributed by atoms with Gasteiger partial charge in [0.1, 0.15) is 6.04 Å². The van der Waals surface area contributed by atoms with Crippen LogP contribution in [-0.4, -0.2) is 36.9 Å². The molecule has 4 nitrogen and oxygen atoms in total. The van der Waals surface area contributed by atoms with Gasteiger partial charge in [-0.2, -0.15) is 0 Å². The number of halogens is 1. The van der Waals surface area contributed by atoms with Crippen molar-refractivity contribution in [3.8, 4) is 0 Å². The Morgan fingerprint density at radius 3 is 2.91 bits per heavy atom. The second-order valence-corrected chi connectivity index (χ2v) is 6.47. The number of hydrogen-bond donors (Lipinski definition) is 1. The number of aliphatic imine (C=N–C) groups is 1. The van der Waals surface area contributed by atoms with Gasteiger partial charge in [-0.1, -0.05) is 29.8 Å². The maximum Gasteiger partial charge on any atom is 0.202 e. The summed E-state index contributed by atoms with van der Waals surface area (Å²) in [6.07, 6.45) is 2.17. The Balaban J connectivity index is 1.84. The summed E-state index contributed by atoms with van der Waals surface area (Å²) in [5.41, 5.74) is 1.09. The van der Waals surface area contributed by atoms with Gasteiger partial charge in [0.25, 0.3) is 0 Å². The first-order valence-corrected chi connectivity index (χ1v) is 8.16. The average Bonchev–Trinajstić information content (AvgIpc) is 2.51. The Hall–Kier alpha value is -1.39. The molecule has 118 valence electrons. The summed E-state index contributed by atoms with van der Waals surface area (Å²) in [6, 6.07) is 7.56. The van der Waals surface area contributed by atoms with Gasteiger partial charge < -0.3 is 10.1 Å². The quantitative estimate of drug-likeness (QED) is 0.928. The zero-order valence-electron chi connectivity index (χ0n) is 12.9. The van der Waals surface area contributed by atoms with Crippen LogP contribution in [0.15, 0.2) is 29.3 Å². The minimum atomic E-state index is -0.323. The number of ketones is 1. The third-order valence-corrected chi connectivity index (χ3v) is 5.00. The molecule has 1 N–H and O–H groups in total. The number of benzene rings is 1. The molecular weight excluding hydrogens is 300 g/mol. The number of hydrogen-bond acceptors (Lipinski definition) is 4. The molecule has 0 aromatic heterocycles. The molecule has 1 aliphatic carbocycles. The van der Waals surface area contributed by atoms with Crippen molar-refractivity contribution in [2.24, 2.45) is 10.9 Å². The fraction of sp³-hybridized carbons (Fsp3) is 0.529. The number of fused-ring (bicyclic) bond motifs is 2. The van der Waals surface area contributed by atoms with E-state index in [2.05, 4.69) is 10.3 Å². The van der Waals surface area contributed by atoms with E-state index in [9.17, 15) is 4.79 Å². The van der Waals surface area contributed by atoms with E-state index < -0.39 is 0 Å². The van der Waals surface area contributed by atoms with Crippen LogP contribution in [-0.2, 0) is 16.0 Å². The minimum Gasteiger partial charge on any atom is -0.468 e. The summed E-state index contributed by atoms with van der Waals surface area (Å²) in [5.74, 6) is 0.975. The van der Waals surface area contributed by atoms with E-state index in [-0.39, 0.29) is 29.9 Å². The van der Waals surface area contributed by atoms with E-state index in [1.807, 2.05) is 38.2 Å². The molecule has 22 heavy (non-hydrogen) atoms. The first-order valence-electron chi connectivity index (χ1n) is 7.79. The lowest BCUT2D eigenvalue weighted by atomic mass is 9.78. The highest BCUT2D eigenvalue weighted by Crippen LogP contribution is 2.34. The molecule has 0 amide bonds. The Kier molecular flexibility index (Phi) is 4.50. The lowest BCUT2D eigenvalue weighted by molar-refractivity contribution is -0.133. The predicted molar refractivity (Wildman–Crippen MR) is 87.5 cm³/mol. The van der Waals surface area contributed by atoms with Crippen molar-refractivity contribution in [2.75, 3.05) is 7.05 Å². The third-order valence-electron chi connectivity index (χ3n) is 4.63. The van der Waals surface area contributed by atoms with E-state index >= 15 is 0 Å². The lowest BCUT2D eigenvalue weighted by Crippen LogP contribution is -2.51. The topological polar surface area (TPSA) is 50.7 Å². The highest BCUT2D eigenvalue weighted by Gasteiger charge is 2.43. The van der Waals surface area contributed by atoms with Crippen molar-refractivity contribution in [1.29, 1.82) is 0 Å². The van der Waals surface area contributed by atoms with Gasteiger partial charge in [-0.05, 0) is 50.8 Å². The normalized spacial score (nSPS) is 28.8. The Morgan fingerprint density at radius 2 is 2.18 bits per heavy atom. The third kappa shape index (κ3) is 2.90. The zero-order chi connectivity index (χ0) is 15.7. The van der Waals surface area contributed by atoms with Crippen molar-refractivity contribution in [2.45, 2.75) is 44.4 Å². The van der Waals surface area contributed by atoms with Gasteiger partial charge in [0.2, 0.25) is 5.90 Å². The van der Waals surface area contributed by atoms with Gasteiger partial charge >= 0.3 is 0 Å². The summed E-state index contributed by atoms with van der Waals surface area (Å²) >= 11 is 6.26. The van der Waals surface area contributed by atoms with Gasteiger partial charge in [0.05, 0.1) is 6.04 Å². The molecule has 1 aromatic rings. The van der Waals surface area contributed by atoms with Crippen molar-refractivity contribution >= 4 is 23.3 Å². The molecule has 4 atom stereocenters. The second kappa shape index (κ2) is 6.39. The van der Waals surface area contributed by atoms with Crippen LogP contribution in [0.1, 0.15) is 25.3 Å². The average molecular weight is 321 g/mol. The molecular formula is C17H21ClN2O2. The van der Waals surface area contributed by atoms with E-state index in [1.54, 1.807) is 0 Å². The Morgan fingerprint density at radius 1 is 1.41 bits per heavy atom. The molecule has 0 radical (unpaired) electrons. The van der Waals surface area contributed by atoms with Crippen molar-refractivity contribution in [3.63, 3.8) is 0 Å². The van der Waals surface area contributed by atoms with Gasteiger partial charge in [-0.3, -0.25) is 4.79 Å². The van der Waals surface area contributed by atoms with Crippen LogP contribution in [0.5, 0.6) is 0 Å². The molecule has 2 aliphatic rings. The van der Waals surface area contributed by atoms with Crippen LogP contribution in [0.2, 0.25) is 5.02 Å². The maximum absolute atomic E-state index is 12.5. The fourth-order valence-electron chi connectivity index (χ4n) is 3.19. The van der Waals surface area contributed by atoms with Crippen LogP contribution < -0.4 is 5.32 Å². The number of ether oxygens (including phenoxy) is 1. The first kappa shape index (κ1) is 15.5. The van der Waals surface area contributed by atoms with Crippen LogP contribution in [0.3, 0.4) is 0 Å². The fourth-order valence-corrected chi connectivity index (χ4v) is 3.40. The zero-order valence-corrected chi connectivity index (χ0v) is 13.6. The standard InChI is InChI=1S/C17H21ClN2O2/c1-10(19-2)17-20-15-12(7-8-14(22-17)16(15)21)9-11-5-3-4-6-13(11)18/h3-6,10,12,14-15,19H,7-9H2,1-2H3. The summed E-state index contributed by atoms with van der Waals surface area (Å²) in [4.78, 5) is 17.1. The molecule has 3 rings (SSSR count). The molecule has 2 bridgehead atoms. The Bertz CT molecular complexity index is 602. The summed E-state index contributed by atoms with van der Waals surface area (Å²) in [5, 5.41) is 3.89. The molecule has 1 heterocycles. The van der Waals surface area contributed by atoms with E-state index in [1.165, 1.54) is 0 Å². The van der Waals surface area contributed by atoms with Crippen molar-refractivity contribution < 1.29 is 9.53 Å². The van der Waals surface area contributed by atoms with Crippen LogP contribution in [0.25, 0.3) is 0 Å². The summed E-state index contributed by atoms with van der Waals surface area (Å²) < 4.78 is 5.76. The number of carbonyl (C=O) groups excluding carboxylic acids is 1. The minimum absolute atomic E-state index is 0.0252. The van der Waals surface area contributed by atoms with E-state index in [0.29, 0.717) is 5.90 Å². The maximum atomic E-state index is 12.5. The highest BCUT2D eigenvalue weighted by molar-refractivity contribution is 6.31. The number of rotatable bonds is 4. The number of carbonyl (C=O) groups is 1. The van der Waals surface area contributed by atoms with E-state index in [4.69, 9.17) is 16.3 Å². The van der Waals surface area contributed by atoms with Crippen LogP contribution >= 0.6 is 11.6 Å². The van der Waals surface area contributed by atoms with Crippen molar-refractivity contribution in [3.05, 3.63) is 34.9 Å². The molecule has 0 spiro atoms. The highest BCUT2D eigenvalue weighted by atomic mass is 35.5. The number of nitrogens with zero attached hydrogens (tertiary/aromatic N) is 1. The first-order chi connectivity index (χ1) is 10.6. The monoisotopic (exact) mass is 320 g/mol. The number of Topliss-reactive ketones (excluding diaryl/α,β-unsaturated/α-hetero) is 1. The largest absolute Gasteiger partial charge is 0.468 e. The second-order valence-electron chi connectivity index (χ2n) is 6.06. The van der Waals surface area contributed by atoms with Crippen LogP contribution in [0, 0.1) is 5.92 Å². The Labute approximate surface area is 135 Å². The van der Waals surface area contributed by atoms with Gasteiger partial charge in [-0.25, -0.2) is 4.99 Å². The summed E-state index contributed by atoms with van der Waals surface area (Å²) in [7, 11) is 1.87. The molecule has 1 aliphatic heterocycles. The molecule has 0 saturated heterocycles. The van der Waals surface area contributed by atoms with Crippen LogP contribution in [0.4, 0.5) is 0 Å². The number of likely N-dealkylation sites (N-methyl/N-ethyl adjacent to an activating group) is 1. The SMILES string of the molecule is CNC(C)C1=NC2C(=O)C(CCC2Cc2ccccc2Cl)O1. The van der Waals surface area contributed by atoms with Gasteiger partial charge in [0, 0.05) is 5.02 Å². The molecule has 1 fully saturated rings. The van der Waals surface area contributed by atoms with Gasteiger partial charge in [-0.15, -0.1) is 0 Å². The number of nitrogens with one attached hydrogen (secondary N) is 1. The lowest BCUT2D eigenvalue weighted by Gasteiger charge is -2.38. The molecule has 5 heteroatoms. The molecule has 1 saturated carbocycles. The smallest absolute Gasteiger partial charge is 0.202 e. The van der Waals surface area contributed by atoms with Gasteiger partial charge in [0.15, 0.2) is 11.9 Å². The predicted octanol–water partition coefficient (Wildman–Crippen LogP) is 2.64.